The third-order valence-corrected chi connectivity index (χ3v) is 5.62. The summed E-state index contributed by atoms with van der Waals surface area (Å²) in [5.74, 6) is -0.899. The lowest BCUT2D eigenvalue weighted by molar-refractivity contribution is -0.154. The van der Waals surface area contributed by atoms with E-state index in [1.54, 1.807) is 4.90 Å². The van der Waals surface area contributed by atoms with Crippen LogP contribution in [-0.4, -0.2) is 34.8 Å². The molecule has 1 saturated carbocycles. The number of benzene rings is 2. The van der Waals surface area contributed by atoms with E-state index in [9.17, 15) is 9.59 Å². The Bertz CT molecular complexity index is 794. The average molecular weight is 363 g/mol. The van der Waals surface area contributed by atoms with Crippen molar-refractivity contribution in [2.24, 2.45) is 0 Å². The maximum Gasteiger partial charge on any atom is 0.312 e. The van der Waals surface area contributed by atoms with Crippen LogP contribution in [-0.2, 0) is 22.7 Å². The minimum absolute atomic E-state index is 0.0393. The van der Waals surface area contributed by atoms with Crippen LogP contribution in [0, 0.1) is 0 Å². The molecule has 5 nitrogen and oxygen atoms in total. The first kappa shape index (κ1) is 17.7. The minimum Gasteiger partial charge on any atom is -0.341 e. The van der Waals surface area contributed by atoms with E-state index < -0.39 is 11.8 Å². The van der Waals surface area contributed by atoms with Crippen LogP contribution in [0.5, 0.6) is 0 Å². The molecular weight excluding hydrogens is 338 g/mol. The highest BCUT2D eigenvalue weighted by Crippen LogP contribution is 2.28. The Morgan fingerprint density at radius 1 is 0.926 bits per heavy atom. The number of nitrogens with zero attached hydrogens (tertiary/aromatic N) is 1. The largest absolute Gasteiger partial charge is 0.341 e. The molecule has 1 aliphatic carbocycles. The summed E-state index contributed by atoms with van der Waals surface area (Å²) < 4.78 is 0. The van der Waals surface area contributed by atoms with E-state index in [2.05, 4.69) is 22.8 Å². The lowest BCUT2D eigenvalue weighted by atomic mass is 9.83. The number of piperazine rings is 1. The second-order valence-electron chi connectivity index (χ2n) is 7.39. The Labute approximate surface area is 159 Å². The highest BCUT2D eigenvalue weighted by atomic mass is 16.2. The minimum atomic E-state index is -0.486. The molecule has 2 aliphatic rings. The van der Waals surface area contributed by atoms with Crippen LogP contribution in [0.3, 0.4) is 0 Å². The van der Waals surface area contributed by atoms with Gasteiger partial charge in [0.05, 0.1) is 12.1 Å². The number of rotatable bonds is 5. The van der Waals surface area contributed by atoms with Gasteiger partial charge in [-0.2, -0.15) is 0 Å². The SMILES string of the molecule is O=C1NC2C(NCc3ccccc3)CCCC2N(Cc2ccccc2)C1=O. The molecule has 2 aromatic rings. The third-order valence-electron chi connectivity index (χ3n) is 5.62. The summed E-state index contributed by atoms with van der Waals surface area (Å²) in [5.41, 5.74) is 2.28. The van der Waals surface area contributed by atoms with E-state index in [1.807, 2.05) is 48.5 Å². The zero-order chi connectivity index (χ0) is 18.6. The number of hydrogen-bond donors (Lipinski definition) is 2. The van der Waals surface area contributed by atoms with E-state index in [-0.39, 0.29) is 18.1 Å². The summed E-state index contributed by atoms with van der Waals surface area (Å²) in [7, 11) is 0. The Balaban J connectivity index is 1.50. The molecule has 1 aliphatic heterocycles. The van der Waals surface area contributed by atoms with Gasteiger partial charge in [-0.15, -0.1) is 0 Å². The molecule has 0 spiro atoms. The van der Waals surface area contributed by atoms with Crippen LogP contribution in [0.25, 0.3) is 0 Å². The summed E-state index contributed by atoms with van der Waals surface area (Å²) in [6.45, 7) is 1.25. The van der Waals surface area contributed by atoms with Crippen molar-refractivity contribution in [1.82, 2.24) is 15.5 Å². The molecule has 5 heteroatoms. The third kappa shape index (κ3) is 3.88. The van der Waals surface area contributed by atoms with Gasteiger partial charge in [-0.1, -0.05) is 60.7 Å². The molecule has 4 rings (SSSR count). The molecule has 1 saturated heterocycles. The zero-order valence-electron chi connectivity index (χ0n) is 15.3. The molecule has 27 heavy (non-hydrogen) atoms. The average Bonchev–Trinajstić information content (AvgIpc) is 2.71. The van der Waals surface area contributed by atoms with E-state index in [0.29, 0.717) is 6.54 Å². The van der Waals surface area contributed by atoms with E-state index in [4.69, 9.17) is 0 Å². The molecule has 3 atom stereocenters. The van der Waals surface area contributed by atoms with Crippen LogP contribution in [0.2, 0.25) is 0 Å². The van der Waals surface area contributed by atoms with Crippen LogP contribution in [0.15, 0.2) is 60.7 Å². The second-order valence-corrected chi connectivity index (χ2v) is 7.39. The molecule has 3 unspecified atom stereocenters. The van der Waals surface area contributed by atoms with Crippen LogP contribution in [0.1, 0.15) is 30.4 Å². The fourth-order valence-electron chi connectivity index (χ4n) is 4.26. The molecule has 2 amide bonds. The molecule has 1 heterocycles. The normalized spacial score (nSPS) is 25.0. The van der Waals surface area contributed by atoms with Crippen molar-refractivity contribution >= 4 is 11.8 Å². The number of hydrogen-bond acceptors (Lipinski definition) is 3. The first-order valence-electron chi connectivity index (χ1n) is 9.65. The van der Waals surface area contributed by atoms with Crippen LogP contribution in [0.4, 0.5) is 0 Å². The van der Waals surface area contributed by atoms with Crippen molar-refractivity contribution in [3.63, 3.8) is 0 Å². The molecule has 0 bridgehead atoms. The van der Waals surface area contributed by atoms with Gasteiger partial charge in [0.15, 0.2) is 0 Å². The van der Waals surface area contributed by atoms with Gasteiger partial charge >= 0.3 is 11.8 Å². The molecule has 2 fully saturated rings. The van der Waals surface area contributed by atoms with Crippen molar-refractivity contribution in [1.29, 1.82) is 0 Å². The molecule has 0 aromatic heterocycles. The van der Waals surface area contributed by atoms with E-state index in [0.717, 1.165) is 31.4 Å². The van der Waals surface area contributed by atoms with Gasteiger partial charge in [0.2, 0.25) is 0 Å². The Hall–Kier alpha value is -2.66. The van der Waals surface area contributed by atoms with E-state index >= 15 is 0 Å². The number of carbonyl (C=O) groups excluding carboxylic acids is 2. The second kappa shape index (κ2) is 7.92. The predicted molar refractivity (Wildman–Crippen MR) is 104 cm³/mol. The van der Waals surface area contributed by atoms with Crippen molar-refractivity contribution in [2.45, 2.75) is 50.5 Å². The summed E-state index contributed by atoms with van der Waals surface area (Å²) in [4.78, 5) is 26.7. The molecular formula is C22H25N3O2. The molecule has 140 valence electrons. The maximum absolute atomic E-state index is 12.6. The Morgan fingerprint density at radius 3 is 2.30 bits per heavy atom. The lowest BCUT2D eigenvalue weighted by Gasteiger charge is -2.47. The van der Waals surface area contributed by atoms with Gasteiger partial charge in [-0.3, -0.25) is 9.59 Å². The van der Waals surface area contributed by atoms with Crippen molar-refractivity contribution in [2.75, 3.05) is 0 Å². The quantitative estimate of drug-likeness (QED) is 0.801. The van der Waals surface area contributed by atoms with Crippen molar-refractivity contribution in [3.8, 4) is 0 Å². The first-order chi connectivity index (χ1) is 13.2. The topological polar surface area (TPSA) is 61.4 Å². The molecule has 0 radical (unpaired) electrons. The zero-order valence-corrected chi connectivity index (χ0v) is 15.3. The number of amides is 2. The van der Waals surface area contributed by atoms with Gasteiger partial charge in [0.25, 0.3) is 0 Å². The maximum atomic E-state index is 12.6. The summed E-state index contributed by atoms with van der Waals surface area (Å²) in [6.07, 6.45) is 2.97. The Kier molecular flexibility index (Phi) is 5.21. The highest BCUT2D eigenvalue weighted by molar-refractivity contribution is 6.35. The highest BCUT2D eigenvalue weighted by Gasteiger charge is 2.45. The van der Waals surface area contributed by atoms with Gasteiger partial charge in [-0.25, -0.2) is 0 Å². The molecule has 2 N–H and O–H groups in total. The van der Waals surface area contributed by atoms with Gasteiger partial charge in [0.1, 0.15) is 0 Å². The predicted octanol–water partition coefficient (Wildman–Crippen LogP) is 2.22. The van der Waals surface area contributed by atoms with Gasteiger partial charge in [0, 0.05) is 19.1 Å². The van der Waals surface area contributed by atoms with E-state index in [1.165, 1.54) is 5.56 Å². The monoisotopic (exact) mass is 363 g/mol. The van der Waals surface area contributed by atoms with Crippen LogP contribution >= 0.6 is 0 Å². The van der Waals surface area contributed by atoms with Gasteiger partial charge < -0.3 is 15.5 Å². The number of fused-ring (bicyclic) bond motifs is 1. The summed E-state index contributed by atoms with van der Waals surface area (Å²) >= 11 is 0. The standard InChI is InChI=1S/C22H25N3O2/c26-21-22(27)25(15-17-10-5-2-6-11-17)19-13-7-12-18(20(19)24-21)23-14-16-8-3-1-4-9-16/h1-6,8-11,18-20,23H,7,12-15H2,(H,24,26). The van der Waals surface area contributed by atoms with Gasteiger partial charge in [-0.05, 0) is 30.4 Å². The Morgan fingerprint density at radius 2 is 1.59 bits per heavy atom. The summed E-state index contributed by atoms with van der Waals surface area (Å²) in [5, 5.41) is 6.58. The van der Waals surface area contributed by atoms with Crippen LogP contribution < -0.4 is 10.6 Å². The first-order valence-corrected chi connectivity index (χ1v) is 9.65. The van der Waals surface area contributed by atoms with Crippen molar-refractivity contribution < 1.29 is 9.59 Å². The smallest absolute Gasteiger partial charge is 0.312 e. The summed E-state index contributed by atoms with van der Waals surface area (Å²) in [6, 6.07) is 20.3. The molecule has 2 aromatic carbocycles. The van der Waals surface area contributed by atoms with Crippen molar-refractivity contribution in [3.05, 3.63) is 71.8 Å². The lowest BCUT2D eigenvalue weighted by Crippen LogP contribution is -2.69. The number of carbonyl (C=O) groups is 2. The fourth-order valence-corrected chi connectivity index (χ4v) is 4.26. The fraction of sp³-hybridized carbons (Fsp3) is 0.364. The number of nitrogens with one attached hydrogen (secondary N) is 2.